The molecule has 0 aliphatic rings. The van der Waals surface area contributed by atoms with E-state index >= 15 is 0 Å². The van der Waals surface area contributed by atoms with E-state index < -0.39 is 0 Å². The number of nitrogens with one attached hydrogen (secondary N) is 1. The molecule has 0 fully saturated rings. The van der Waals surface area contributed by atoms with Gasteiger partial charge >= 0.3 is 0 Å². The van der Waals surface area contributed by atoms with Crippen LogP contribution in [0.4, 0.5) is 5.82 Å². The molecule has 84 valence electrons. The summed E-state index contributed by atoms with van der Waals surface area (Å²) >= 11 is 0. The minimum Gasteiger partial charge on any atom is -0.339 e. The van der Waals surface area contributed by atoms with Crippen molar-refractivity contribution in [1.29, 1.82) is 5.26 Å². The molecule has 0 spiro atoms. The summed E-state index contributed by atoms with van der Waals surface area (Å²) in [4.78, 5) is 13.1. The summed E-state index contributed by atoms with van der Waals surface area (Å²) in [6, 6.07) is 5.04. The number of carbonyl (C=O) groups excluding carboxylic acids is 1. The Morgan fingerprint density at radius 3 is 2.88 bits per heavy atom. The molecule has 1 amide bonds. The second-order valence-corrected chi connectivity index (χ2v) is 3.08. The van der Waals surface area contributed by atoms with Crippen molar-refractivity contribution in [3.05, 3.63) is 17.8 Å². The number of hydrogen-bond donors (Lipinski definition) is 2. The largest absolute Gasteiger partial charge is 0.339 e. The summed E-state index contributed by atoms with van der Waals surface area (Å²) < 4.78 is 0. The normalized spacial score (nSPS) is 9.31. The van der Waals surface area contributed by atoms with Crippen molar-refractivity contribution >= 4 is 11.7 Å². The lowest BCUT2D eigenvalue weighted by atomic mass is 10.3. The third kappa shape index (κ3) is 2.90. The van der Waals surface area contributed by atoms with E-state index in [9.17, 15) is 4.79 Å². The first-order valence-corrected chi connectivity index (χ1v) is 4.61. The van der Waals surface area contributed by atoms with Crippen molar-refractivity contribution in [1.82, 2.24) is 15.1 Å². The van der Waals surface area contributed by atoms with Crippen LogP contribution in [0.25, 0.3) is 0 Å². The molecule has 0 radical (unpaired) electrons. The average molecular weight is 220 g/mol. The van der Waals surface area contributed by atoms with E-state index in [1.807, 2.05) is 6.07 Å². The van der Waals surface area contributed by atoms with E-state index in [1.54, 1.807) is 13.1 Å². The van der Waals surface area contributed by atoms with Crippen LogP contribution in [-0.2, 0) is 0 Å². The van der Waals surface area contributed by atoms with Gasteiger partial charge in [0.15, 0.2) is 11.5 Å². The van der Waals surface area contributed by atoms with Gasteiger partial charge in [0.2, 0.25) is 0 Å². The van der Waals surface area contributed by atoms with Crippen LogP contribution in [0, 0.1) is 11.3 Å². The first-order valence-electron chi connectivity index (χ1n) is 4.61. The molecule has 0 aromatic carbocycles. The van der Waals surface area contributed by atoms with Gasteiger partial charge < -0.3 is 10.3 Å². The molecule has 1 rings (SSSR count). The zero-order valence-corrected chi connectivity index (χ0v) is 8.84. The molecular formula is C9H12N6O. The second-order valence-electron chi connectivity index (χ2n) is 3.08. The molecule has 16 heavy (non-hydrogen) atoms. The van der Waals surface area contributed by atoms with E-state index in [0.29, 0.717) is 12.4 Å². The first-order chi connectivity index (χ1) is 7.69. The zero-order chi connectivity index (χ0) is 12.0. The highest BCUT2D eigenvalue weighted by atomic mass is 16.2. The number of hydrogen-bond acceptors (Lipinski definition) is 6. The zero-order valence-electron chi connectivity index (χ0n) is 8.84. The Bertz CT molecular complexity index is 395. The quantitative estimate of drug-likeness (QED) is 0.535. The van der Waals surface area contributed by atoms with Crippen LogP contribution in [0.2, 0.25) is 0 Å². The van der Waals surface area contributed by atoms with Gasteiger partial charge in [0, 0.05) is 13.6 Å². The van der Waals surface area contributed by atoms with Crippen LogP contribution >= 0.6 is 0 Å². The van der Waals surface area contributed by atoms with E-state index in [2.05, 4.69) is 15.6 Å². The Morgan fingerprint density at radius 2 is 2.38 bits per heavy atom. The number of carbonyl (C=O) groups is 1. The predicted molar refractivity (Wildman–Crippen MR) is 57.0 cm³/mol. The van der Waals surface area contributed by atoms with Crippen LogP contribution in [0.3, 0.4) is 0 Å². The molecular weight excluding hydrogens is 208 g/mol. The summed E-state index contributed by atoms with van der Waals surface area (Å²) in [7, 11) is 1.61. The summed E-state index contributed by atoms with van der Waals surface area (Å²) in [5, 5.41) is 15.8. The standard InChI is InChI=1S/C9H12N6O/c1-15(6-2-5-10)9(16)7-3-4-8(12-11)14-13-7/h3-4H,2,6,11H2,1H3,(H,12,14). The molecule has 1 aromatic rings. The van der Waals surface area contributed by atoms with Gasteiger partial charge in [-0.05, 0) is 12.1 Å². The Balaban J connectivity index is 2.69. The molecule has 1 heterocycles. The van der Waals surface area contributed by atoms with Gasteiger partial charge in [-0.1, -0.05) is 0 Å². The minimum absolute atomic E-state index is 0.222. The second kappa shape index (κ2) is 5.63. The number of nitriles is 1. The molecule has 7 nitrogen and oxygen atoms in total. The number of nitrogen functional groups attached to an aromatic ring is 1. The number of rotatable bonds is 4. The number of aromatic nitrogens is 2. The maximum atomic E-state index is 11.7. The molecule has 7 heteroatoms. The number of hydrazine groups is 1. The molecule has 0 aliphatic heterocycles. The Labute approximate surface area is 92.8 Å². The maximum absolute atomic E-state index is 11.7. The van der Waals surface area contributed by atoms with Gasteiger partial charge in [-0.2, -0.15) is 5.26 Å². The Kier molecular flexibility index (Phi) is 4.17. The van der Waals surface area contributed by atoms with Gasteiger partial charge in [-0.15, -0.1) is 10.2 Å². The summed E-state index contributed by atoms with van der Waals surface area (Å²) in [5.41, 5.74) is 2.54. The fourth-order valence-corrected chi connectivity index (χ4v) is 1.04. The third-order valence-electron chi connectivity index (χ3n) is 1.94. The Morgan fingerprint density at radius 1 is 1.62 bits per heavy atom. The molecule has 0 aliphatic carbocycles. The summed E-state index contributed by atoms with van der Waals surface area (Å²) in [5.74, 6) is 5.23. The van der Waals surface area contributed by atoms with Gasteiger partial charge in [-0.25, -0.2) is 5.84 Å². The van der Waals surface area contributed by atoms with Gasteiger partial charge in [-0.3, -0.25) is 4.79 Å². The molecule has 1 aromatic heterocycles. The predicted octanol–water partition coefficient (Wildman–Crippen LogP) is -0.252. The fraction of sp³-hybridized carbons (Fsp3) is 0.333. The van der Waals surface area contributed by atoms with E-state index in [4.69, 9.17) is 11.1 Å². The van der Waals surface area contributed by atoms with Crippen molar-refractivity contribution < 1.29 is 4.79 Å². The van der Waals surface area contributed by atoms with E-state index in [1.165, 1.54) is 11.0 Å². The van der Waals surface area contributed by atoms with Crippen molar-refractivity contribution in [2.75, 3.05) is 19.0 Å². The monoisotopic (exact) mass is 220 g/mol. The maximum Gasteiger partial charge on any atom is 0.274 e. The van der Waals surface area contributed by atoms with E-state index in [-0.39, 0.29) is 18.0 Å². The Hall–Kier alpha value is -2.20. The van der Waals surface area contributed by atoms with Crippen LogP contribution in [-0.4, -0.2) is 34.6 Å². The van der Waals surface area contributed by atoms with Crippen LogP contribution < -0.4 is 11.3 Å². The van der Waals surface area contributed by atoms with Gasteiger partial charge in [0.05, 0.1) is 12.5 Å². The minimum atomic E-state index is -0.272. The highest BCUT2D eigenvalue weighted by Crippen LogP contribution is 2.03. The highest BCUT2D eigenvalue weighted by Gasteiger charge is 2.12. The van der Waals surface area contributed by atoms with Gasteiger partial charge in [0.1, 0.15) is 0 Å². The number of nitrogens with two attached hydrogens (primary N) is 1. The summed E-state index contributed by atoms with van der Waals surface area (Å²) in [6.07, 6.45) is 0.290. The van der Waals surface area contributed by atoms with Crippen molar-refractivity contribution in [2.45, 2.75) is 6.42 Å². The SMILES string of the molecule is CN(CCC#N)C(=O)c1ccc(NN)nn1. The van der Waals surface area contributed by atoms with Crippen LogP contribution in [0.1, 0.15) is 16.9 Å². The topological polar surface area (TPSA) is 108 Å². The van der Waals surface area contributed by atoms with Crippen molar-refractivity contribution in [2.24, 2.45) is 5.84 Å². The molecule has 0 saturated heterocycles. The third-order valence-corrected chi connectivity index (χ3v) is 1.94. The molecule has 0 atom stereocenters. The first kappa shape index (κ1) is 11.9. The fourth-order valence-electron chi connectivity index (χ4n) is 1.04. The van der Waals surface area contributed by atoms with Crippen LogP contribution in [0.15, 0.2) is 12.1 Å². The average Bonchev–Trinajstić information content (AvgIpc) is 2.35. The number of nitrogens with zero attached hydrogens (tertiary/aromatic N) is 4. The lowest BCUT2D eigenvalue weighted by Crippen LogP contribution is -2.28. The van der Waals surface area contributed by atoms with E-state index in [0.717, 1.165) is 0 Å². The lowest BCUT2D eigenvalue weighted by Gasteiger charge is -2.14. The summed E-state index contributed by atoms with van der Waals surface area (Å²) in [6.45, 7) is 0.369. The molecule has 3 N–H and O–H groups in total. The molecule has 0 unspecified atom stereocenters. The lowest BCUT2D eigenvalue weighted by molar-refractivity contribution is 0.0791. The van der Waals surface area contributed by atoms with Crippen molar-refractivity contribution in [3.8, 4) is 6.07 Å². The van der Waals surface area contributed by atoms with Crippen molar-refractivity contribution in [3.63, 3.8) is 0 Å². The highest BCUT2D eigenvalue weighted by molar-refractivity contribution is 5.92. The molecule has 0 saturated carbocycles. The molecule has 0 bridgehead atoms. The van der Waals surface area contributed by atoms with Gasteiger partial charge in [0.25, 0.3) is 5.91 Å². The number of amides is 1. The van der Waals surface area contributed by atoms with Crippen LogP contribution in [0.5, 0.6) is 0 Å². The number of anilines is 1. The smallest absolute Gasteiger partial charge is 0.274 e.